The number of piperidine rings is 1. The Morgan fingerprint density at radius 3 is 2.52 bits per heavy atom. The minimum Gasteiger partial charge on any atom is -0.339 e. The molecule has 1 fully saturated rings. The Hall–Kier alpha value is -2.14. The van der Waals surface area contributed by atoms with Gasteiger partial charge in [-0.15, -0.1) is 0 Å². The third kappa shape index (κ3) is 3.73. The Bertz CT molecular complexity index is 1090. The number of imidazole rings is 1. The predicted octanol–water partition coefficient (Wildman–Crippen LogP) is 5.48. The van der Waals surface area contributed by atoms with Gasteiger partial charge in [-0.3, -0.25) is 4.79 Å². The van der Waals surface area contributed by atoms with Crippen LogP contribution in [0, 0.1) is 20.8 Å². The molecule has 0 saturated carbocycles. The Labute approximate surface area is 181 Å². The number of amides is 1. The fourth-order valence-corrected chi connectivity index (χ4v) is 5.00. The van der Waals surface area contributed by atoms with Crippen molar-refractivity contribution in [1.82, 2.24) is 14.5 Å². The summed E-state index contributed by atoms with van der Waals surface area (Å²) in [7, 11) is 2.07. The number of rotatable bonds is 3. The summed E-state index contributed by atoms with van der Waals surface area (Å²) in [5, 5.41) is 0. The molecule has 4 nitrogen and oxygen atoms in total. The monoisotopic (exact) mass is 453 g/mol. The zero-order valence-electron chi connectivity index (χ0n) is 17.7. The third-order valence-corrected chi connectivity index (χ3v) is 6.73. The van der Waals surface area contributed by atoms with E-state index in [0.717, 1.165) is 64.8 Å². The second-order valence-corrected chi connectivity index (χ2v) is 9.16. The van der Waals surface area contributed by atoms with Crippen molar-refractivity contribution in [3.05, 3.63) is 62.4 Å². The van der Waals surface area contributed by atoms with E-state index >= 15 is 0 Å². The zero-order chi connectivity index (χ0) is 20.7. The van der Waals surface area contributed by atoms with Gasteiger partial charge < -0.3 is 9.47 Å². The van der Waals surface area contributed by atoms with Crippen LogP contribution in [0.25, 0.3) is 11.0 Å². The first-order valence-electron chi connectivity index (χ1n) is 10.4. The van der Waals surface area contributed by atoms with Gasteiger partial charge in [0.2, 0.25) is 0 Å². The molecule has 2 heterocycles. The molecule has 0 aliphatic carbocycles. The molecule has 0 bridgehead atoms. The number of carbonyl (C=O) groups excluding carboxylic acids is 1. The minimum atomic E-state index is 0.174. The standard InChI is InChI=1S/C24H28BrN3O/c1-15-8-9-19(24(29)28-10-6-5-7-11-28)17(3)20(15)14-22-26-23-16(2)12-18(25)13-21(23)27(22)4/h8-9,12-13H,5-7,10-11,14H2,1-4H3. The first kappa shape index (κ1) is 20.1. The van der Waals surface area contributed by atoms with E-state index in [2.05, 4.69) is 66.5 Å². The van der Waals surface area contributed by atoms with Crippen molar-refractivity contribution in [3.63, 3.8) is 0 Å². The van der Waals surface area contributed by atoms with Crippen molar-refractivity contribution in [1.29, 1.82) is 0 Å². The Kier molecular flexibility index (Phi) is 5.52. The number of hydrogen-bond donors (Lipinski definition) is 0. The van der Waals surface area contributed by atoms with Crippen LogP contribution < -0.4 is 0 Å². The molecule has 1 aliphatic heterocycles. The fourth-order valence-electron chi connectivity index (χ4n) is 4.44. The summed E-state index contributed by atoms with van der Waals surface area (Å²) >= 11 is 3.60. The summed E-state index contributed by atoms with van der Waals surface area (Å²) in [6.07, 6.45) is 4.17. The number of aromatic nitrogens is 2. The van der Waals surface area contributed by atoms with Gasteiger partial charge in [0.1, 0.15) is 5.82 Å². The average molecular weight is 454 g/mol. The van der Waals surface area contributed by atoms with E-state index in [9.17, 15) is 4.79 Å². The summed E-state index contributed by atoms with van der Waals surface area (Å²) < 4.78 is 3.24. The van der Waals surface area contributed by atoms with Gasteiger partial charge in [-0.2, -0.15) is 0 Å². The maximum Gasteiger partial charge on any atom is 0.254 e. The summed E-state index contributed by atoms with van der Waals surface area (Å²) in [6.45, 7) is 8.06. The highest BCUT2D eigenvalue weighted by Crippen LogP contribution is 2.28. The normalized spacial score (nSPS) is 14.6. The number of carbonyl (C=O) groups is 1. The molecule has 1 aliphatic rings. The summed E-state index contributed by atoms with van der Waals surface area (Å²) in [4.78, 5) is 20.1. The number of hydrogen-bond acceptors (Lipinski definition) is 2. The van der Waals surface area contributed by atoms with Crippen molar-refractivity contribution in [2.24, 2.45) is 7.05 Å². The van der Waals surface area contributed by atoms with Crippen LogP contribution in [0.5, 0.6) is 0 Å². The molecule has 4 rings (SSSR count). The predicted molar refractivity (Wildman–Crippen MR) is 122 cm³/mol. The van der Waals surface area contributed by atoms with Crippen LogP contribution in [0.3, 0.4) is 0 Å². The Balaban J connectivity index is 1.72. The quantitative estimate of drug-likeness (QED) is 0.526. The van der Waals surface area contributed by atoms with Crippen LogP contribution in [0.1, 0.15) is 57.7 Å². The molecule has 29 heavy (non-hydrogen) atoms. The van der Waals surface area contributed by atoms with Gasteiger partial charge in [-0.1, -0.05) is 22.0 Å². The number of halogens is 1. The lowest BCUT2D eigenvalue weighted by atomic mass is 9.94. The van der Waals surface area contributed by atoms with E-state index in [4.69, 9.17) is 4.98 Å². The lowest BCUT2D eigenvalue weighted by Gasteiger charge is -2.28. The minimum absolute atomic E-state index is 0.174. The van der Waals surface area contributed by atoms with E-state index in [1.54, 1.807) is 0 Å². The highest BCUT2D eigenvalue weighted by molar-refractivity contribution is 9.10. The third-order valence-electron chi connectivity index (χ3n) is 6.28. The molecular formula is C24H28BrN3O. The number of likely N-dealkylation sites (tertiary alicyclic amines) is 1. The zero-order valence-corrected chi connectivity index (χ0v) is 19.3. The highest BCUT2D eigenvalue weighted by atomic mass is 79.9. The van der Waals surface area contributed by atoms with Crippen molar-refractivity contribution in [2.75, 3.05) is 13.1 Å². The van der Waals surface area contributed by atoms with Gasteiger partial charge in [0.05, 0.1) is 11.0 Å². The molecule has 0 spiro atoms. The van der Waals surface area contributed by atoms with Crippen molar-refractivity contribution in [3.8, 4) is 0 Å². The molecule has 152 valence electrons. The topological polar surface area (TPSA) is 38.1 Å². The molecule has 2 aromatic carbocycles. The fraction of sp³-hybridized carbons (Fsp3) is 0.417. The second-order valence-electron chi connectivity index (χ2n) is 8.24. The van der Waals surface area contributed by atoms with Gasteiger partial charge >= 0.3 is 0 Å². The molecule has 5 heteroatoms. The molecule has 0 unspecified atom stereocenters. The largest absolute Gasteiger partial charge is 0.339 e. The van der Waals surface area contributed by atoms with E-state index < -0.39 is 0 Å². The number of aryl methyl sites for hydroxylation is 3. The van der Waals surface area contributed by atoms with Crippen LogP contribution in [-0.2, 0) is 13.5 Å². The van der Waals surface area contributed by atoms with Crippen molar-refractivity contribution >= 4 is 32.9 Å². The molecule has 1 saturated heterocycles. The molecule has 3 aromatic rings. The van der Waals surface area contributed by atoms with Crippen molar-refractivity contribution in [2.45, 2.75) is 46.5 Å². The Morgan fingerprint density at radius 2 is 1.79 bits per heavy atom. The first-order valence-corrected chi connectivity index (χ1v) is 11.2. The molecule has 1 amide bonds. The lowest BCUT2D eigenvalue weighted by molar-refractivity contribution is 0.0723. The van der Waals surface area contributed by atoms with Crippen LogP contribution in [0.4, 0.5) is 0 Å². The van der Waals surface area contributed by atoms with E-state index in [-0.39, 0.29) is 5.91 Å². The summed E-state index contributed by atoms with van der Waals surface area (Å²) in [6, 6.07) is 8.31. The Morgan fingerprint density at radius 1 is 1.07 bits per heavy atom. The number of nitrogens with zero attached hydrogens (tertiary/aromatic N) is 3. The van der Waals surface area contributed by atoms with Gasteiger partial charge in [0, 0.05) is 36.6 Å². The van der Waals surface area contributed by atoms with Crippen molar-refractivity contribution < 1.29 is 4.79 Å². The van der Waals surface area contributed by atoms with Gasteiger partial charge in [0.25, 0.3) is 5.91 Å². The molecule has 0 atom stereocenters. The maximum absolute atomic E-state index is 13.1. The van der Waals surface area contributed by atoms with E-state index in [1.165, 1.54) is 23.1 Å². The highest BCUT2D eigenvalue weighted by Gasteiger charge is 2.22. The van der Waals surface area contributed by atoms with Crippen LogP contribution in [0.2, 0.25) is 0 Å². The SMILES string of the molecule is Cc1ccc(C(=O)N2CCCCC2)c(C)c1Cc1nc2c(C)cc(Br)cc2n1C. The molecule has 1 aromatic heterocycles. The van der Waals surface area contributed by atoms with Crippen LogP contribution >= 0.6 is 15.9 Å². The first-order chi connectivity index (χ1) is 13.9. The molecule has 0 radical (unpaired) electrons. The summed E-state index contributed by atoms with van der Waals surface area (Å²) in [5.74, 6) is 1.20. The maximum atomic E-state index is 13.1. The number of fused-ring (bicyclic) bond motifs is 1. The van der Waals surface area contributed by atoms with Gasteiger partial charge in [-0.25, -0.2) is 4.98 Å². The molecular weight excluding hydrogens is 426 g/mol. The summed E-state index contributed by atoms with van der Waals surface area (Å²) in [5.41, 5.74) is 7.68. The smallest absolute Gasteiger partial charge is 0.254 e. The average Bonchev–Trinajstić information content (AvgIpc) is 3.01. The molecule has 0 N–H and O–H groups in total. The van der Waals surface area contributed by atoms with Gasteiger partial charge in [-0.05, 0) is 80.5 Å². The van der Waals surface area contributed by atoms with E-state index in [1.807, 2.05) is 11.0 Å². The van der Waals surface area contributed by atoms with Crippen LogP contribution in [-0.4, -0.2) is 33.4 Å². The lowest BCUT2D eigenvalue weighted by Crippen LogP contribution is -2.36. The van der Waals surface area contributed by atoms with Crippen LogP contribution in [0.15, 0.2) is 28.7 Å². The number of benzene rings is 2. The van der Waals surface area contributed by atoms with E-state index in [0.29, 0.717) is 0 Å². The van der Waals surface area contributed by atoms with Gasteiger partial charge in [0.15, 0.2) is 0 Å². The second kappa shape index (κ2) is 7.94.